The van der Waals surface area contributed by atoms with Crippen molar-refractivity contribution < 1.29 is 9.59 Å². The van der Waals surface area contributed by atoms with Crippen molar-refractivity contribution >= 4 is 11.7 Å². The molecule has 1 aliphatic rings. The maximum Gasteiger partial charge on any atom is 0.217 e. The summed E-state index contributed by atoms with van der Waals surface area (Å²) >= 11 is 0. The summed E-state index contributed by atoms with van der Waals surface area (Å²) in [6.07, 6.45) is 0.794. The van der Waals surface area contributed by atoms with Crippen molar-refractivity contribution in [1.29, 1.82) is 0 Å². The number of Topliss-reactive ketones (excluding diaryl/α,β-unsaturated/α-hetero) is 1. The molecule has 3 nitrogen and oxygen atoms in total. The summed E-state index contributed by atoms with van der Waals surface area (Å²) in [6.45, 7) is 4.94. The van der Waals surface area contributed by atoms with E-state index in [0.717, 1.165) is 6.42 Å². The van der Waals surface area contributed by atoms with Gasteiger partial charge < -0.3 is 5.32 Å². The lowest BCUT2D eigenvalue weighted by Gasteiger charge is -2.12. The summed E-state index contributed by atoms with van der Waals surface area (Å²) < 4.78 is 0. The summed E-state index contributed by atoms with van der Waals surface area (Å²) in [5.74, 6) is 0.258. The molecule has 3 heteroatoms. The normalized spacial score (nSPS) is 34.6. The zero-order chi connectivity index (χ0) is 8.65. The van der Waals surface area contributed by atoms with Gasteiger partial charge in [0.2, 0.25) is 5.91 Å². The van der Waals surface area contributed by atoms with Crippen molar-refractivity contribution in [2.45, 2.75) is 32.7 Å². The number of carbonyl (C=O) groups excluding carboxylic acids is 2. The summed E-state index contributed by atoms with van der Waals surface area (Å²) in [5.41, 5.74) is -0.508. The third-order valence-corrected chi connectivity index (χ3v) is 2.34. The molecule has 1 rings (SSSR count). The maximum absolute atomic E-state index is 11.1. The second-order valence-corrected chi connectivity index (χ2v) is 3.31. The Balaban J connectivity index is 2.65. The van der Waals surface area contributed by atoms with Crippen LogP contribution in [0.15, 0.2) is 0 Å². The SMILES string of the molecule is CC(=O)N[C@]1(C(C)=O)C[C@@H]1C. The quantitative estimate of drug-likeness (QED) is 0.630. The highest BCUT2D eigenvalue weighted by Crippen LogP contribution is 2.43. The van der Waals surface area contributed by atoms with Crippen LogP contribution >= 0.6 is 0 Å². The highest BCUT2D eigenvalue weighted by molar-refractivity contribution is 5.94. The number of hydrogen-bond donors (Lipinski definition) is 1. The van der Waals surface area contributed by atoms with Crippen LogP contribution in [0.3, 0.4) is 0 Å². The maximum atomic E-state index is 11.1. The lowest BCUT2D eigenvalue weighted by Crippen LogP contribution is -2.42. The van der Waals surface area contributed by atoms with Crippen LogP contribution in [-0.2, 0) is 9.59 Å². The van der Waals surface area contributed by atoms with E-state index in [0.29, 0.717) is 5.92 Å². The first-order valence-electron chi connectivity index (χ1n) is 3.79. The van der Waals surface area contributed by atoms with Gasteiger partial charge in [0.05, 0.1) is 0 Å². The van der Waals surface area contributed by atoms with Crippen LogP contribution in [0.25, 0.3) is 0 Å². The average molecular weight is 155 g/mol. The Bertz CT molecular complexity index is 212. The fraction of sp³-hybridized carbons (Fsp3) is 0.750. The minimum absolute atomic E-state index is 0.0696. The molecule has 1 aliphatic carbocycles. The van der Waals surface area contributed by atoms with Crippen molar-refractivity contribution in [2.24, 2.45) is 5.92 Å². The first kappa shape index (κ1) is 8.24. The van der Waals surface area contributed by atoms with Crippen LogP contribution in [0.2, 0.25) is 0 Å². The van der Waals surface area contributed by atoms with E-state index in [-0.39, 0.29) is 11.7 Å². The third kappa shape index (κ3) is 1.27. The Labute approximate surface area is 66.2 Å². The molecule has 0 spiro atoms. The smallest absolute Gasteiger partial charge is 0.217 e. The molecule has 2 atom stereocenters. The summed E-state index contributed by atoms with van der Waals surface area (Å²) in [4.78, 5) is 21.7. The molecular weight excluding hydrogens is 142 g/mol. The van der Waals surface area contributed by atoms with Gasteiger partial charge in [0.25, 0.3) is 0 Å². The highest BCUT2D eigenvalue weighted by atomic mass is 16.2. The number of rotatable bonds is 2. The average Bonchev–Trinajstić information content (AvgIpc) is 2.41. The number of amides is 1. The lowest BCUT2D eigenvalue weighted by molar-refractivity contribution is -0.126. The number of ketones is 1. The van der Waals surface area contributed by atoms with E-state index in [2.05, 4.69) is 5.32 Å². The van der Waals surface area contributed by atoms with Crippen LogP contribution in [0.4, 0.5) is 0 Å². The van der Waals surface area contributed by atoms with E-state index >= 15 is 0 Å². The van der Waals surface area contributed by atoms with Gasteiger partial charge in [0.1, 0.15) is 5.54 Å². The van der Waals surface area contributed by atoms with Crippen molar-refractivity contribution in [2.75, 3.05) is 0 Å². The number of nitrogens with one attached hydrogen (secondary N) is 1. The highest BCUT2D eigenvalue weighted by Gasteiger charge is 2.55. The fourth-order valence-electron chi connectivity index (χ4n) is 1.49. The predicted molar refractivity (Wildman–Crippen MR) is 41.0 cm³/mol. The Morgan fingerprint density at radius 1 is 1.45 bits per heavy atom. The molecule has 11 heavy (non-hydrogen) atoms. The molecule has 0 aromatic heterocycles. The zero-order valence-electron chi connectivity index (χ0n) is 7.10. The first-order chi connectivity index (χ1) is 4.99. The van der Waals surface area contributed by atoms with Gasteiger partial charge in [-0.25, -0.2) is 0 Å². The van der Waals surface area contributed by atoms with Crippen molar-refractivity contribution in [3.8, 4) is 0 Å². The Kier molecular flexibility index (Phi) is 1.74. The largest absolute Gasteiger partial charge is 0.344 e. The standard InChI is InChI=1S/C8H13NO2/c1-5-4-8(5,6(2)10)9-7(3)11/h5H,4H2,1-3H3,(H,9,11)/t5-,8+/m0/s1. The number of carbonyl (C=O) groups is 2. The van der Waals surface area contributed by atoms with Crippen LogP contribution in [0.1, 0.15) is 27.2 Å². The van der Waals surface area contributed by atoms with Crippen LogP contribution in [0, 0.1) is 5.92 Å². The van der Waals surface area contributed by atoms with Crippen molar-refractivity contribution in [3.63, 3.8) is 0 Å². The van der Waals surface area contributed by atoms with Gasteiger partial charge in [0.15, 0.2) is 5.78 Å². The molecule has 0 bridgehead atoms. The van der Waals surface area contributed by atoms with E-state index in [9.17, 15) is 9.59 Å². The summed E-state index contributed by atoms with van der Waals surface area (Å²) in [5, 5.41) is 2.69. The van der Waals surface area contributed by atoms with Gasteiger partial charge in [-0.05, 0) is 19.3 Å². The summed E-state index contributed by atoms with van der Waals surface area (Å²) in [6, 6.07) is 0. The number of hydrogen-bond acceptors (Lipinski definition) is 2. The summed E-state index contributed by atoms with van der Waals surface area (Å²) in [7, 11) is 0. The molecule has 62 valence electrons. The van der Waals surface area contributed by atoms with Crippen molar-refractivity contribution in [3.05, 3.63) is 0 Å². The molecule has 0 aromatic rings. The lowest BCUT2D eigenvalue weighted by atomic mass is 10.1. The van der Waals surface area contributed by atoms with E-state index in [1.54, 1.807) is 0 Å². The van der Waals surface area contributed by atoms with Gasteiger partial charge in [0, 0.05) is 6.92 Å². The van der Waals surface area contributed by atoms with E-state index in [4.69, 9.17) is 0 Å². The Morgan fingerprint density at radius 3 is 2.00 bits per heavy atom. The molecule has 1 N–H and O–H groups in total. The molecule has 0 aliphatic heterocycles. The topological polar surface area (TPSA) is 46.2 Å². The molecule has 1 amide bonds. The van der Waals surface area contributed by atoms with Gasteiger partial charge in [-0.15, -0.1) is 0 Å². The molecule has 0 heterocycles. The van der Waals surface area contributed by atoms with Gasteiger partial charge in [-0.3, -0.25) is 9.59 Å². The molecular formula is C8H13NO2. The van der Waals surface area contributed by atoms with E-state index in [1.807, 2.05) is 6.92 Å². The van der Waals surface area contributed by atoms with Crippen LogP contribution < -0.4 is 5.32 Å². The Hall–Kier alpha value is -0.860. The molecule has 0 aromatic carbocycles. The predicted octanol–water partition coefficient (Wildman–Crippen LogP) is 0.490. The van der Waals surface area contributed by atoms with E-state index in [1.165, 1.54) is 13.8 Å². The van der Waals surface area contributed by atoms with Gasteiger partial charge >= 0.3 is 0 Å². The molecule has 0 saturated heterocycles. The molecule has 0 unspecified atom stereocenters. The van der Waals surface area contributed by atoms with Crippen LogP contribution in [0.5, 0.6) is 0 Å². The second-order valence-electron chi connectivity index (χ2n) is 3.31. The zero-order valence-corrected chi connectivity index (χ0v) is 7.10. The minimum Gasteiger partial charge on any atom is -0.344 e. The monoisotopic (exact) mass is 155 g/mol. The fourth-order valence-corrected chi connectivity index (χ4v) is 1.49. The minimum atomic E-state index is -0.508. The van der Waals surface area contributed by atoms with E-state index < -0.39 is 5.54 Å². The molecule has 1 saturated carbocycles. The first-order valence-corrected chi connectivity index (χ1v) is 3.79. The third-order valence-electron chi connectivity index (χ3n) is 2.34. The van der Waals surface area contributed by atoms with Gasteiger partial charge in [-0.2, -0.15) is 0 Å². The van der Waals surface area contributed by atoms with Crippen molar-refractivity contribution in [1.82, 2.24) is 5.32 Å². The van der Waals surface area contributed by atoms with Crippen LogP contribution in [-0.4, -0.2) is 17.2 Å². The van der Waals surface area contributed by atoms with Gasteiger partial charge in [-0.1, -0.05) is 6.92 Å². The molecule has 0 radical (unpaired) electrons. The second kappa shape index (κ2) is 2.32. The molecule has 1 fully saturated rings. The Morgan fingerprint density at radius 2 is 1.91 bits per heavy atom.